The van der Waals surface area contributed by atoms with Crippen LogP contribution in [-0.4, -0.2) is 21.6 Å². The lowest BCUT2D eigenvalue weighted by atomic mass is 10.1. The lowest BCUT2D eigenvalue weighted by Gasteiger charge is -2.16. The highest BCUT2D eigenvalue weighted by molar-refractivity contribution is 8.77. The molecule has 0 aromatic carbocycles. The third kappa shape index (κ3) is 12.0. The highest BCUT2D eigenvalue weighted by atomic mass is 33.1. The van der Waals surface area contributed by atoms with Crippen molar-refractivity contribution >= 4 is 27.6 Å². The van der Waals surface area contributed by atoms with Gasteiger partial charge in [0.1, 0.15) is 4.75 Å². The van der Waals surface area contributed by atoms with E-state index in [9.17, 15) is 4.79 Å². The van der Waals surface area contributed by atoms with Crippen molar-refractivity contribution in [3.8, 4) is 0 Å². The molecule has 0 spiro atoms. The van der Waals surface area contributed by atoms with E-state index in [0.717, 1.165) is 5.75 Å². The Hall–Kier alpha value is 0.170. The SMILES string of the molecule is CCCCCCCCCCCCSSC(C)(C)C(=O)O. The number of aliphatic carboxylic acids is 1. The van der Waals surface area contributed by atoms with Gasteiger partial charge >= 0.3 is 5.97 Å². The molecule has 2 nitrogen and oxygen atoms in total. The number of unbranched alkanes of at least 4 members (excludes halogenated alkanes) is 9. The molecule has 0 saturated heterocycles. The average molecular weight is 321 g/mol. The van der Waals surface area contributed by atoms with Crippen molar-refractivity contribution in [2.75, 3.05) is 5.75 Å². The van der Waals surface area contributed by atoms with Gasteiger partial charge in [0, 0.05) is 5.75 Å². The Bertz CT molecular complexity index is 243. The van der Waals surface area contributed by atoms with E-state index in [0.29, 0.717) is 0 Å². The van der Waals surface area contributed by atoms with Crippen LogP contribution in [0.5, 0.6) is 0 Å². The van der Waals surface area contributed by atoms with Gasteiger partial charge in [0.25, 0.3) is 0 Å². The summed E-state index contributed by atoms with van der Waals surface area (Å²) in [6.07, 6.45) is 13.5. The molecule has 0 aliphatic rings. The van der Waals surface area contributed by atoms with E-state index in [-0.39, 0.29) is 0 Å². The molecule has 0 amide bonds. The molecule has 4 heteroatoms. The van der Waals surface area contributed by atoms with Gasteiger partial charge in [0.15, 0.2) is 0 Å². The van der Waals surface area contributed by atoms with Crippen molar-refractivity contribution in [1.29, 1.82) is 0 Å². The first kappa shape index (κ1) is 20.2. The van der Waals surface area contributed by atoms with Crippen LogP contribution in [0.15, 0.2) is 0 Å². The predicted octanol–water partition coefficient (Wildman–Crippen LogP) is 6.15. The van der Waals surface area contributed by atoms with Crippen LogP contribution < -0.4 is 0 Å². The molecule has 0 heterocycles. The molecular formula is C16H32O2S2. The maximum Gasteiger partial charge on any atom is 0.320 e. The van der Waals surface area contributed by atoms with E-state index in [2.05, 4.69) is 6.92 Å². The van der Waals surface area contributed by atoms with E-state index in [1.54, 1.807) is 24.6 Å². The first-order valence-corrected chi connectivity index (χ1v) is 10.4. The fraction of sp³-hybridized carbons (Fsp3) is 0.938. The summed E-state index contributed by atoms with van der Waals surface area (Å²) in [5.41, 5.74) is 0. The number of carboxylic acid groups (broad SMARTS) is 1. The lowest BCUT2D eigenvalue weighted by Crippen LogP contribution is -2.26. The summed E-state index contributed by atoms with van der Waals surface area (Å²) in [6, 6.07) is 0. The second-order valence-electron chi connectivity index (χ2n) is 5.90. The molecule has 20 heavy (non-hydrogen) atoms. The molecule has 0 radical (unpaired) electrons. The van der Waals surface area contributed by atoms with Gasteiger partial charge in [-0.05, 0) is 20.3 Å². The minimum atomic E-state index is -0.724. The zero-order valence-electron chi connectivity index (χ0n) is 13.5. The van der Waals surface area contributed by atoms with Crippen molar-refractivity contribution in [2.24, 2.45) is 0 Å². The standard InChI is InChI=1S/C16H32O2S2/c1-4-5-6-7-8-9-10-11-12-13-14-19-20-16(2,3)15(17)18/h4-14H2,1-3H3,(H,17,18). The molecule has 0 unspecified atom stereocenters. The van der Waals surface area contributed by atoms with Crippen molar-refractivity contribution in [2.45, 2.75) is 89.7 Å². The van der Waals surface area contributed by atoms with Crippen LogP contribution in [0.2, 0.25) is 0 Å². The minimum Gasteiger partial charge on any atom is -0.480 e. The topological polar surface area (TPSA) is 37.3 Å². The largest absolute Gasteiger partial charge is 0.480 e. The molecule has 0 aromatic heterocycles. The summed E-state index contributed by atoms with van der Waals surface area (Å²) in [4.78, 5) is 10.9. The first-order chi connectivity index (χ1) is 9.50. The van der Waals surface area contributed by atoms with Gasteiger partial charge in [-0.2, -0.15) is 0 Å². The van der Waals surface area contributed by atoms with Crippen LogP contribution in [0.3, 0.4) is 0 Å². The predicted molar refractivity (Wildman–Crippen MR) is 93.6 cm³/mol. The number of hydrogen-bond donors (Lipinski definition) is 1. The molecule has 0 fully saturated rings. The number of carboxylic acids is 1. The second-order valence-corrected chi connectivity index (χ2v) is 8.94. The van der Waals surface area contributed by atoms with Crippen LogP contribution in [0.4, 0.5) is 0 Å². The average Bonchev–Trinajstić information content (AvgIpc) is 2.39. The van der Waals surface area contributed by atoms with Crippen LogP contribution in [0, 0.1) is 0 Å². The molecule has 0 aromatic rings. The first-order valence-electron chi connectivity index (χ1n) is 8.04. The van der Waals surface area contributed by atoms with Crippen molar-refractivity contribution in [1.82, 2.24) is 0 Å². The number of carbonyl (C=O) groups is 1. The molecular weight excluding hydrogens is 288 g/mol. The molecule has 1 N–H and O–H groups in total. The number of hydrogen-bond acceptors (Lipinski definition) is 3. The molecule has 0 aliphatic carbocycles. The van der Waals surface area contributed by atoms with Gasteiger partial charge in [-0.15, -0.1) is 0 Å². The van der Waals surface area contributed by atoms with E-state index in [4.69, 9.17) is 5.11 Å². The highest BCUT2D eigenvalue weighted by Gasteiger charge is 2.27. The second kappa shape index (κ2) is 12.9. The minimum absolute atomic E-state index is 0.664. The van der Waals surface area contributed by atoms with Crippen molar-refractivity contribution < 1.29 is 9.90 Å². The normalized spacial score (nSPS) is 11.8. The summed E-state index contributed by atoms with van der Waals surface area (Å²) >= 11 is 0. The van der Waals surface area contributed by atoms with Gasteiger partial charge < -0.3 is 5.11 Å². The van der Waals surface area contributed by atoms with Gasteiger partial charge in [0.05, 0.1) is 0 Å². The van der Waals surface area contributed by atoms with Crippen molar-refractivity contribution in [3.63, 3.8) is 0 Å². The summed E-state index contributed by atoms with van der Waals surface area (Å²) in [7, 11) is 3.19. The van der Waals surface area contributed by atoms with E-state index in [1.165, 1.54) is 75.0 Å². The zero-order valence-corrected chi connectivity index (χ0v) is 15.1. The maximum absolute atomic E-state index is 10.9. The zero-order chi connectivity index (χ0) is 15.3. The van der Waals surface area contributed by atoms with Crippen LogP contribution in [0.25, 0.3) is 0 Å². The lowest BCUT2D eigenvalue weighted by molar-refractivity contribution is -0.138. The van der Waals surface area contributed by atoms with Crippen LogP contribution in [-0.2, 0) is 4.79 Å². The summed E-state index contributed by atoms with van der Waals surface area (Å²) in [6.45, 7) is 5.80. The smallest absolute Gasteiger partial charge is 0.320 e. The van der Waals surface area contributed by atoms with E-state index in [1.807, 2.05) is 0 Å². The van der Waals surface area contributed by atoms with Gasteiger partial charge in [-0.25, -0.2) is 0 Å². The Kier molecular flexibility index (Phi) is 13.0. The monoisotopic (exact) mass is 320 g/mol. The molecule has 120 valence electrons. The Balaban J connectivity index is 3.19. The molecule has 0 saturated carbocycles. The third-order valence-electron chi connectivity index (χ3n) is 3.36. The molecule has 0 aliphatic heterocycles. The Labute approximate surface area is 133 Å². The van der Waals surface area contributed by atoms with Crippen molar-refractivity contribution in [3.05, 3.63) is 0 Å². The maximum atomic E-state index is 10.9. The van der Waals surface area contributed by atoms with Crippen LogP contribution in [0.1, 0.15) is 85.0 Å². The van der Waals surface area contributed by atoms with E-state index < -0.39 is 10.7 Å². The molecule has 0 atom stereocenters. The number of rotatable bonds is 14. The molecule has 0 bridgehead atoms. The third-order valence-corrected chi connectivity index (χ3v) is 6.63. The van der Waals surface area contributed by atoms with Gasteiger partial charge in [-0.1, -0.05) is 86.3 Å². The van der Waals surface area contributed by atoms with Crippen LogP contribution >= 0.6 is 21.6 Å². The molecule has 0 rings (SSSR count). The Morgan fingerprint density at radius 1 is 0.900 bits per heavy atom. The summed E-state index contributed by atoms with van der Waals surface area (Å²) < 4.78 is -0.664. The quantitative estimate of drug-likeness (QED) is 0.307. The fourth-order valence-corrected chi connectivity index (χ4v) is 4.35. The van der Waals surface area contributed by atoms with E-state index >= 15 is 0 Å². The highest BCUT2D eigenvalue weighted by Crippen LogP contribution is 2.36. The summed E-state index contributed by atoms with van der Waals surface area (Å²) in [5.74, 6) is 0.343. The van der Waals surface area contributed by atoms with Gasteiger partial charge in [-0.3, -0.25) is 4.79 Å². The van der Waals surface area contributed by atoms with Gasteiger partial charge in [0.2, 0.25) is 0 Å². The summed E-state index contributed by atoms with van der Waals surface area (Å²) in [5, 5.41) is 8.98. The Morgan fingerprint density at radius 3 is 1.80 bits per heavy atom. The Morgan fingerprint density at radius 2 is 1.35 bits per heavy atom. The fourth-order valence-electron chi connectivity index (χ4n) is 1.87.